The van der Waals surface area contributed by atoms with Crippen LogP contribution in [-0.4, -0.2) is 34.5 Å². The van der Waals surface area contributed by atoms with Crippen molar-refractivity contribution >= 4 is 44.2 Å². The van der Waals surface area contributed by atoms with Crippen LogP contribution in [0.3, 0.4) is 0 Å². The van der Waals surface area contributed by atoms with E-state index in [1.807, 2.05) is 24.3 Å². The molecule has 0 fully saturated rings. The molecule has 5 rings (SSSR count). The van der Waals surface area contributed by atoms with Crippen molar-refractivity contribution in [2.75, 3.05) is 18.9 Å². The van der Waals surface area contributed by atoms with E-state index >= 15 is 0 Å². The van der Waals surface area contributed by atoms with E-state index in [0.29, 0.717) is 5.56 Å². The van der Waals surface area contributed by atoms with Crippen LogP contribution in [0.4, 0.5) is 5.82 Å². The molecule has 33 heavy (non-hydrogen) atoms. The van der Waals surface area contributed by atoms with Gasteiger partial charge in [-0.25, -0.2) is 9.97 Å². The van der Waals surface area contributed by atoms with Gasteiger partial charge in [-0.1, -0.05) is 30.3 Å². The molecule has 0 saturated carbocycles. The molecule has 0 saturated heterocycles. The van der Waals surface area contributed by atoms with E-state index in [2.05, 4.69) is 63.7 Å². The Morgan fingerprint density at radius 2 is 1.91 bits per heavy atom. The highest BCUT2D eigenvalue weighted by molar-refractivity contribution is 7.22. The average molecular weight is 456 g/mol. The van der Waals surface area contributed by atoms with Crippen LogP contribution in [0.25, 0.3) is 31.6 Å². The summed E-state index contributed by atoms with van der Waals surface area (Å²) in [6.45, 7) is 5.05. The standard InChI is InChI=1S/C26H25N5OS/c1-15-5-4-6-20-19(16(2)31-23(15)20)11-12-28-25-24-21(29-14-30-25)13-22(33-24)17-7-9-18(10-8-17)26(32)27-3/h4-10,13-14,31H,11-12H2,1-3H3,(H,27,32)(H,28,29,30). The van der Waals surface area contributed by atoms with Crippen LogP contribution in [0.15, 0.2) is 54.9 Å². The number of hydrogen-bond donors (Lipinski definition) is 3. The molecule has 166 valence electrons. The Kier molecular flexibility index (Phi) is 5.56. The number of anilines is 1. The van der Waals surface area contributed by atoms with Crippen molar-refractivity contribution in [3.05, 3.63) is 77.2 Å². The predicted octanol–water partition coefficient (Wildman–Crippen LogP) is 5.47. The van der Waals surface area contributed by atoms with Gasteiger partial charge in [-0.05, 0) is 55.2 Å². The molecule has 0 aliphatic rings. The molecule has 3 heterocycles. The number of carbonyl (C=O) groups excluding carboxylic acids is 1. The van der Waals surface area contributed by atoms with Gasteiger partial charge < -0.3 is 15.6 Å². The minimum Gasteiger partial charge on any atom is -0.368 e. The van der Waals surface area contributed by atoms with Gasteiger partial charge in [-0.3, -0.25) is 4.79 Å². The van der Waals surface area contributed by atoms with Crippen LogP contribution < -0.4 is 10.6 Å². The third kappa shape index (κ3) is 3.96. The number of nitrogens with one attached hydrogen (secondary N) is 3. The second-order valence-corrected chi connectivity index (χ2v) is 9.16. The number of nitrogens with zero attached hydrogens (tertiary/aromatic N) is 2. The lowest BCUT2D eigenvalue weighted by molar-refractivity contribution is 0.0963. The maximum atomic E-state index is 11.8. The second-order valence-electron chi connectivity index (χ2n) is 8.11. The predicted molar refractivity (Wildman–Crippen MR) is 136 cm³/mol. The van der Waals surface area contributed by atoms with E-state index in [0.717, 1.165) is 39.4 Å². The molecule has 3 N–H and O–H groups in total. The van der Waals surface area contributed by atoms with Crippen LogP contribution in [0, 0.1) is 13.8 Å². The number of hydrogen-bond acceptors (Lipinski definition) is 5. The lowest BCUT2D eigenvalue weighted by Gasteiger charge is -2.07. The highest BCUT2D eigenvalue weighted by Crippen LogP contribution is 2.35. The first-order chi connectivity index (χ1) is 16.0. The monoisotopic (exact) mass is 455 g/mol. The third-order valence-electron chi connectivity index (χ3n) is 6.00. The number of carbonyl (C=O) groups is 1. The number of aromatic nitrogens is 3. The van der Waals surface area contributed by atoms with Gasteiger partial charge in [0, 0.05) is 40.6 Å². The normalized spacial score (nSPS) is 11.2. The molecule has 6 nitrogen and oxygen atoms in total. The zero-order valence-corrected chi connectivity index (χ0v) is 19.6. The van der Waals surface area contributed by atoms with Gasteiger partial charge in [-0.2, -0.15) is 0 Å². The Morgan fingerprint density at radius 1 is 1.09 bits per heavy atom. The van der Waals surface area contributed by atoms with E-state index in [4.69, 9.17) is 0 Å². The first-order valence-corrected chi connectivity index (χ1v) is 11.7. The lowest BCUT2D eigenvalue weighted by atomic mass is 10.1. The zero-order valence-electron chi connectivity index (χ0n) is 18.8. The van der Waals surface area contributed by atoms with E-state index in [1.165, 1.54) is 27.7 Å². The van der Waals surface area contributed by atoms with Crippen LogP contribution in [0.1, 0.15) is 27.2 Å². The summed E-state index contributed by atoms with van der Waals surface area (Å²) in [6.07, 6.45) is 2.51. The van der Waals surface area contributed by atoms with Gasteiger partial charge >= 0.3 is 0 Å². The molecule has 3 aromatic heterocycles. The maximum Gasteiger partial charge on any atom is 0.251 e. The summed E-state index contributed by atoms with van der Waals surface area (Å²) in [5, 5.41) is 7.46. The fourth-order valence-electron chi connectivity index (χ4n) is 4.23. The SMILES string of the molecule is CNC(=O)c1ccc(-c2cc3ncnc(NCCc4c(C)[nH]c5c(C)cccc45)c3s2)cc1. The number of fused-ring (bicyclic) bond motifs is 2. The fourth-order valence-corrected chi connectivity index (χ4v) is 5.31. The Labute approximate surface area is 196 Å². The van der Waals surface area contributed by atoms with E-state index in [1.54, 1.807) is 24.7 Å². The van der Waals surface area contributed by atoms with Gasteiger partial charge in [0.05, 0.1) is 10.2 Å². The summed E-state index contributed by atoms with van der Waals surface area (Å²) in [6, 6.07) is 16.1. The molecule has 2 aromatic carbocycles. The van der Waals surface area contributed by atoms with E-state index < -0.39 is 0 Å². The van der Waals surface area contributed by atoms with Gasteiger partial charge in [-0.15, -0.1) is 11.3 Å². The Bertz CT molecular complexity index is 1470. The molecule has 0 bridgehead atoms. The molecular weight excluding hydrogens is 430 g/mol. The van der Waals surface area contributed by atoms with E-state index in [-0.39, 0.29) is 5.91 Å². The number of para-hydroxylation sites is 1. The molecule has 0 atom stereocenters. The number of aromatic amines is 1. The van der Waals surface area contributed by atoms with Gasteiger partial charge in [0.2, 0.25) is 0 Å². The quantitative estimate of drug-likeness (QED) is 0.317. The number of rotatable bonds is 6. The maximum absolute atomic E-state index is 11.8. The fraction of sp³-hybridized carbons (Fsp3) is 0.192. The average Bonchev–Trinajstić information content (AvgIpc) is 3.41. The number of H-pyrrole nitrogens is 1. The van der Waals surface area contributed by atoms with Crippen molar-refractivity contribution in [3.8, 4) is 10.4 Å². The number of thiophene rings is 1. The first-order valence-electron chi connectivity index (χ1n) is 10.9. The highest BCUT2D eigenvalue weighted by Gasteiger charge is 2.13. The number of benzene rings is 2. The van der Waals surface area contributed by atoms with Crippen LogP contribution in [-0.2, 0) is 6.42 Å². The third-order valence-corrected chi connectivity index (χ3v) is 7.18. The molecule has 0 spiro atoms. The van der Waals surface area contributed by atoms with Crippen LogP contribution in [0.2, 0.25) is 0 Å². The number of aryl methyl sites for hydroxylation is 2. The van der Waals surface area contributed by atoms with E-state index in [9.17, 15) is 4.79 Å². The van der Waals surface area contributed by atoms with Crippen molar-refractivity contribution in [1.29, 1.82) is 0 Å². The van der Waals surface area contributed by atoms with Gasteiger partial charge in [0.1, 0.15) is 12.1 Å². The van der Waals surface area contributed by atoms with Crippen LogP contribution >= 0.6 is 11.3 Å². The topological polar surface area (TPSA) is 82.7 Å². The Morgan fingerprint density at radius 3 is 2.70 bits per heavy atom. The largest absolute Gasteiger partial charge is 0.368 e. The minimum absolute atomic E-state index is 0.0872. The van der Waals surface area contributed by atoms with Gasteiger partial charge in [0.15, 0.2) is 0 Å². The van der Waals surface area contributed by atoms with Crippen molar-refractivity contribution in [2.24, 2.45) is 0 Å². The summed E-state index contributed by atoms with van der Waals surface area (Å²) >= 11 is 1.66. The second kappa shape index (κ2) is 8.67. The molecule has 0 aliphatic heterocycles. The molecular formula is C26H25N5OS. The molecule has 0 unspecified atom stereocenters. The van der Waals surface area contributed by atoms with Crippen molar-refractivity contribution < 1.29 is 4.79 Å². The molecule has 1 amide bonds. The molecule has 0 aliphatic carbocycles. The minimum atomic E-state index is -0.0872. The van der Waals surface area contributed by atoms with Gasteiger partial charge in [0.25, 0.3) is 5.91 Å². The molecule has 0 radical (unpaired) electrons. The number of amides is 1. The van der Waals surface area contributed by atoms with Crippen molar-refractivity contribution in [2.45, 2.75) is 20.3 Å². The summed E-state index contributed by atoms with van der Waals surface area (Å²) in [4.78, 5) is 25.4. The summed E-state index contributed by atoms with van der Waals surface area (Å²) in [5.74, 6) is 0.766. The highest BCUT2D eigenvalue weighted by atomic mass is 32.1. The van der Waals surface area contributed by atoms with Crippen molar-refractivity contribution in [3.63, 3.8) is 0 Å². The zero-order chi connectivity index (χ0) is 22.9. The lowest BCUT2D eigenvalue weighted by Crippen LogP contribution is -2.17. The molecule has 7 heteroatoms. The summed E-state index contributed by atoms with van der Waals surface area (Å²) in [5.41, 5.74) is 7.67. The summed E-state index contributed by atoms with van der Waals surface area (Å²) < 4.78 is 1.04. The Hall–Kier alpha value is -3.71. The summed E-state index contributed by atoms with van der Waals surface area (Å²) in [7, 11) is 1.64. The van der Waals surface area contributed by atoms with Crippen LogP contribution in [0.5, 0.6) is 0 Å². The van der Waals surface area contributed by atoms with Crippen molar-refractivity contribution in [1.82, 2.24) is 20.3 Å². The smallest absolute Gasteiger partial charge is 0.251 e. The molecule has 5 aromatic rings. The Balaban J connectivity index is 1.37. The first kappa shape index (κ1) is 21.2.